The van der Waals surface area contributed by atoms with Crippen molar-refractivity contribution < 1.29 is 14.5 Å². The first-order chi connectivity index (χ1) is 14.4. The lowest BCUT2D eigenvalue weighted by Gasteiger charge is -2.59. The highest BCUT2D eigenvalue weighted by Crippen LogP contribution is 2.61. The van der Waals surface area contributed by atoms with Crippen LogP contribution in [0.1, 0.15) is 45.4 Å². The van der Waals surface area contributed by atoms with Crippen molar-refractivity contribution in [1.82, 2.24) is 5.32 Å². The summed E-state index contributed by atoms with van der Waals surface area (Å²) in [6.45, 7) is 2.82. The van der Waals surface area contributed by atoms with Crippen molar-refractivity contribution in [2.75, 3.05) is 31.7 Å². The van der Waals surface area contributed by atoms with E-state index in [0.717, 1.165) is 33.2 Å². The molecule has 0 radical (unpaired) electrons. The number of hydrogen-bond acceptors (Lipinski definition) is 3. The molecule has 4 fully saturated rings. The Bertz CT molecular complexity index is 761. The number of carbonyl (C=O) groups is 2. The monoisotopic (exact) mass is 430 g/mol. The molecule has 0 aliphatic heterocycles. The van der Waals surface area contributed by atoms with Crippen molar-refractivity contribution in [3.63, 3.8) is 0 Å². The Balaban J connectivity index is 1.26. The van der Waals surface area contributed by atoms with Crippen LogP contribution in [0.4, 0.5) is 5.69 Å². The number of para-hydroxylation sites is 1. The molecule has 4 bridgehead atoms. The summed E-state index contributed by atoms with van der Waals surface area (Å²) in [7, 11) is 1.91. The number of anilines is 1. The third kappa shape index (κ3) is 4.70. The summed E-state index contributed by atoms with van der Waals surface area (Å²) in [4.78, 5) is 27.1. The predicted octanol–water partition coefficient (Wildman–Crippen LogP) is 2.58. The van der Waals surface area contributed by atoms with E-state index < -0.39 is 0 Å². The van der Waals surface area contributed by atoms with Crippen LogP contribution >= 0.6 is 11.8 Å². The van der Waals surface area contributed by atoms with E-state index in [2.05, 4.69) is 17.6 Å². The fourth-order valence-electron chi connectivity index (χ4n) is 6.71. The van der Waals surface area contributed by atoms with E-state index in [-0.39, 0.29) is 24.4 Å². The number of benzene rings is 1. The maximum Gasteiger partial charge on any atom is 0.279 e. The van der Waals surface area contributed by atoms with Crippen molar-refractivity contribution >= 4 is 29.3 Å². The van der Waals surface area contributed by atoms with Crippen LogP contribution in [0.5, 0.6) is 0 Å². The highest BCUT2D eigenvalue weighted by atomic mass is 32.2. The number of thioether (sulfide) groups is 1. The summed E-state index contributed by atoms with van der Waals surface area (Å²) in [6, 6.07) is 8.03. The molecule has 1 aromatic rings. The van der Waals surface area contributed by atoms with Crippen LogP contribution in [0.15, 0.2) is 29.2 Å². The Morgan fingerprint density at radius 3 is 2.23 bits per heavy atom. The SMILES string of the molecule is CSc1ccccc1NC(=O)C[NH+](C)CC(=O)N[C@@H](C)C12CC3CC(CC(C3)C1)C2. The van der Waals surface area contributed by atoms with Gasteiger partial charge in [-0.3, -0.25) is 9.59 Å². The first-order valence-corrected chi connectivity index (χ1v) is 12.6. The number of likely N-dealkylation sites (N-methyl/N-ethyl adjacent to an activating group) is 1. The molecule has 6 heteroatoms. The second-order valence-corrected chi connectivity index (χ2v) is 11.0. The molecule has 2 amide bonds. The number of quaternary nitrogens is 1. The lowest BCUT2D eigenvalue weighted by Crippen LogP contribution is -3.11. The molecule has 0 aromatic heterocycles. The van der Waals surface area contributed by atoms with Gasteiger partial charge in [0.15, 0.2) is 13.1 Å². The average Bonchev–Trinajstić information content (AvgIpc) is 2.66. The molecule has 0 saturated heterocycles. The molecule has 4 saturated carbocycles. The van der Waals surface area contributed by atoms with Crippen LogP contribution in [0.25, 0.3) is 0 Å². The second-order valence-electron chi connectivity index (χ2n) is 10.1. The molecule has 4 aliphatic carbocycles. The molecule has 5 nitrogen and oxygen atoms in total. The molecular formula is C24H36N3O2S+. The van der Waals surface area contributed by atoms with E-state index >= 15 is 0 Å². The highest BCUT2D eigenvalue weighted by molar-refractivity contribution is 7.98. The third-order valence-electron chi connectivity index (χ3n) is 7.69. The number of rotatable bonds is 8. The van der Waals surface area contributed by atoms with Gasteiger partial charge in [0.25, 0.3) is 11.8 Å². The average molecular weight is 431 g/mol. The van der Waals surface area contributed by atoms with Gasteiger partial charge in [0.1, 0.15) is 0 Å². The van der Waals surface area contributed by atoms with E-state index in [1.807, 2.05) is 37.6 Å². The molecule has 3 N–H and O–H groups in total. The van der Waals surface area contributed by atoms with Crippen molar-refractivity contribution in [3.05, 3.63) is 24.3 Å². The van der Waals surface area contributed by atoms with Gasteiger partial charge < -0.3 is 15.5 Å². The van der Waals surface area contributed by atoms with Gasteiger partial charge in [-0.2, -0.15) is 0 Å². The van der Waals surface area contributed by atoms with Gasteiger partial charge in [-0.15, -0.1) is 11.8 Å². The van der Waals surface area contributed by atoms with E-state index in [0.29, 0.717) is 12.0 Å². The van der Waals surface area contributed by atoms with Gasteiger partial charge in [-0.05, 0) is 87.0 Å². The molecule has 2 atom stereocenters. The first kappa shape index (κ1) is 21.7. The van der Waals surface area contributed by atoms with Crippen LogP contribution < -0.4 is 15.5 Å². The molecule has 1 unspecified atom stereocenters. The van der Waals surface area contributed by atoms with Crippen LogP contribution in [0, 0.1) is 23.2 Å². The number of nitrogens with one attached hydrogen (secondary N) is 3. The van der Waals surface area contributed by atoms with Crippen LogP contribution in [-0.2, 0) is 9.59 Å². The summed E-state index contributed by atoms with van der Waals surface area (Å²) in [5, 5.41) is 6.30. The van der Waals surface area contributed by atoms with Gasteiger partial charge in [-0.25, -0.2) is 0 Å². The van der Waals surface area contributed by atoms with Gasteiger partial charge in [0.2, 0.25) is 0 Å². The standard InChI is InChI=1S/C24H35N3O2S/c1-16(24-11-17-8-18(12-24)10-19(9-17)13-24)25-22(28)14-27(2)15-23(29)26-20-6-4-5-7-21(20)30-3/h4-7,16-19H,8-15H2,1-3H3,(H,25,28)(H,26,29)/p+1/t16-,17?,18?,19?,24?/m0/s1. The first-order valence-electron chi connectivity index (χ1n) is 11.4. The molecule has 0 heterocycles. The van der Waals surface area contributed by atoms with Crippen LogP contribution in [0.2, 0.25) is 0 Å². The summed E-state index contributed by atoms with van der Waals surface area (Å²) in [6.07, 6.45) is 10.1. The Kier molecular flexibility index (Phi) is 6.44. The van der Waals surface area contributed by atoms with Crippen LogP contribution in [-0.4, -0.2) is 44.2 Å². The smallest absolute Gasteiger partial charge is 0.279 e. The van der Waals surface area contributed by atoms with Gasteiger partial charge in [0, 0.05) is 10.9 Å². The largest absolute Gasteiger partial charge is 0.348 e. The second kappa shape index (κ2) is 8.91. The Morgan fingerprint density at radius 1 is 1.07 bits per heavy atom. The fraction of sp³-hybridized carbons (Fsp3) is 0.667. The summed E-state index contributed by atoms with van der Waals surface area (Å²) >= 11 is 1.61. The lowest BCUT2D eigenvalue weighted by molar-refractivity contribution is -0.862. The van der Waals surface area contributed by atoms with E-state index in [4.69, 9.17) is 0 Å². The number of amides is 2. The molecule has 1 aromatic carbocycles. The molecule has 164 valence electrons. The third-order valence-corrected chi connectivity index (χ3v) is 8.48. The minimum absolute atomic E-state index is 0.0593. The molecule has 4 aliphatic rings. The zero-order valence-corrected chi connectivity index (χ0v) is 19.3. The van der Waals surface area contributed by atoms with Crippen molar-refractivity contribution in [2.45, 2.75) is 56.4 Å². The van der Waals surface area contributed by atoms with Gasteiger partial charge in [0.05, 0.1) is 12.7 Å². The molecular weight excluding hydrogens is 394 g/mol. The van der Waals surface area contributed by atoms with Crippen molar-refractivity contribution in [2.24, 2.45) is 23.2 Å². The predicted molar refractivity (Wildman–Crippen MR) is 122 cm³/mol. The van der Waals surface area contributed by atoms with E-state index in [9.17, 15) is 9.59 Å². The molecule has 30 heavy (non-hydrogen) atoms. The van der Waals surface area contributed by atoms with Gasteiger partial charge >= 0.3 is 0 Å². The quantitative estimate of drug-likeness (QED) is 0.556. The summed E-state index contributed by atoms with van der Waals surface area (Å²) < 4.78 is 0. The zero-order chi connectivity index (χ0) is 21.3. The summed E-state index contributed by atoms with van der Waals surface area (Å²) in [5.74, 6) is 2.66. The van der Waals surface area contributed by atoms with E-state index in [1.165, 1.54) is 38.5 Å². The molecule has 0 spiro atoms. The normalized spacial score (nSPS) is 31.2. The Labute approximate surface area is 184 Å². The zero-order valence-electron chi connectivity index (χ0n) is 18.5. The topological polar surface area (TPSA) is 62.6 Å². The van der Waals surface area contributed by atoms with Crippen LogP contribution in [0.3, 0.4) is 0 Å². The van der Waals surface area contributed by atoms with Gasteiger partial charge in [-0.1, -0.05) is 12.1 Å². The lowest BCUT2D eigenvalue weighted by atomic mass is 9.48. The Morgan fingerprint density at radius 2 is 1.63 bits per heavy atom. The Hall–Kier alpha value is -1.53. The maximum atomic E-state index is 12.7. The highest BCUT2D eigenvalue weighted by Gasteiger charge is 2.53. The number of hydrogen-bond donors (Lipinski definition) is 3. The summed E-state index contributed by atoms with van der Waals surface area (Å²) in [5.41, 5.74) is 1.15. The van der Waals surface area contributed by atoms with E-state index in [1.54, 1.807) is 11.8 Å². The van der Waals surface area contributed by atoms with Crippen molar-refractivity contribution in [1.29, 1.82) is 0 Å². The minimum atomic E-state index is -0.0593. The van der Waals surface area contributed by atoms with Crippen molar-refractivity contribution in [3.8, 4) is 0 Å². The maximum absolute atomic E-state index is 12.7. The molecule has 5 rings (SSSR count). The minimum Gasteiger partial charge on any atom is -0.348 e. The fourth-order valence-corrected chi connectivity index (χ4v) is 7.26. The number of carbonyl (C=O) groups excluding carboxylic acids is 2.